The Hall–Kier alpha value is -0.570. The zero-order chi connectivity index (χ0) is 18.9. The fraction of sp³-hybridized carbons (Fsp3) is 0.895. The molecule has 1 unspecified atom stereocenters. The minimum Gasteiger partial charge on any atom is -0.469 e. The van der Waals surface area contributed by atoms with Crippen molar-refractivity contribution in [3.63, 3.8) is 0 Å². The van der Waals surface area contributed by atoms with Gasteiger partial charge in [-0.3, -0.25) is 9.79 Å². The summed E-state index contributed by atoms with van der Waals surface area (Å²) in [5.74, 6) is 1.27. The molecule has 0 fully saturated rings. The number of guanidine groups is 1. The first-order chi connectivity index (χ1) is 12.0. The van der Waals surface area contributed by atoms with Gasteiger partial charge < -0.3 is 20.1 Å². The Morgan fingerprint density at radius 3 is 2.35 bits per heavy atom. The Morgan fingerprint density at radius 2 is 1.77 bits per heavy atom. The quantitative estimate of drug-likeness (QED) is 0.129. The number of halogens is 1. The minimum absolute atomic E-state index is 0. The number of aliphatic imine (C=N–C) groups is 1. The summed E-state index contributed by atoms with van der Waals surface area (Å²) in [6.45, 7) is 11.8. The van der Waals surface area contributed by atoms with E-state index in [1.54, 1.807) is 0 Å². The lowest BCUT2D eigenvalue weighted by Gasteiger charge is -2.21. The van der Waals surface area contributed by atoms with E-state index in [0.717, 1.165) is 64.3 Å². The number of esters is 1. The van der Waals surface area contributed by atoms with Crippen molar-refractivity contribution in [1.82, 2.24) is 10.6 Å². The molecule has 0 radical (unpaired) electrons. The van der Waals surface area contributed by atoms with Gasteiger partial charge in [0.1, 0.15) is 0 Å². The van der Waals surface area contributed by atoms with Gasteiger partial charge in [-0.1, -0.05) is 26.7 Å². The van der Waals surface area contributed by atoms with Crippen LogP contribution in [0.2, 0.25) is 0 Å². The van der Waals surface area contributed by atoms with Gasteiger partial charge in [0, 0.05) is 32.7 Å². The highest BCUT2D eigenvalue weighted by Gasteiger charge is 2.12. The van der Waals surface area contributed by atoms with E-state index in [2.05, 4.69) is 41.1 Å². The standard InChI is InChI=1S/C19H39N3O3.HI/c1-6-20-19(22-15-13-17(16(3)4)25-7-2)21-14-11-9-8-10-12-18(23)24-5;/h16-17H,6-15H2,1-5H3,(H2,20,21,22);1H. The second-order valence-electron chi connectivity index (χ2n) is 6.45. The first-order valence-electron chi connectivity index (χ1n) is 9.75. The van der Waals surface area contributed by atoms with Crippen LogP contribution in [0, 0.1) is 5.92 Å². The normalized spacial score (nSPS) is 12.5. The Bertz CT molecular complexity index is 366. The topological polar surface area (TPSA) is 72.0 Å². The summed E-state index contributed by atoms with van der Waals surface area (Å²) in [6, 6.07) is 0. The predicted molar refractivity (Wildman–Crippen MR) is 119 cm³/mol. The van der Waals surface area contributed by atoms with E-state index >= 15 is 0 Å². The van der Waals surface area contributed by atoms with E-state index in [4.69, 9.17) is 4.74 Å². The van der Waals surface area contributed by atoms with Crippen molar-refractivity contribution in [2.45, 2.75) is 72.3 Å². The second kappa shape index (κ2) is 19.2. The number of nitrogens with zero attached hydrogens (tertiary/aromatic N) is 1. The van der Waals surface area contributed by atoms with Crippen LogP contribution in [0.1, 0.15) is 66.2 Å². The fourth-order valence-electron chi connectivity index (χ4n) is 2.53. The molecular weight excluding hydrogens is 445 g/mol. The predicted octanol–water partition coefficient (Wildman–Crippen LogP) is 3.73. The van der Waals surface area contributed by atoms with Crippen molar-refractivity contribution >= 4 is 35.9 Å². The molecule has 0 heterocycles. The average molecular weight is 485 g/mol. The molecule has 0 aromatic carbocycles. The molecule has 26 heavy (non-hydrogen) atoms. The molecule has 0 aromatic heterocycles. The van der Waals surface area contributed by atoms with Crippen molar-refractivity contribution in [2.75, 3.05) is 33.4 Å². The molecular formula is C19H40IN3O3. The molecule has 0 aromatic rings. The van der Waals surface area contributed by atoms with Crippen LogP contribution in [-0.4, -0.2) is 51.4 Å². The third kappa shape index (κ3) is 15.7. The van der Waals surface area contributed by atoms with Gasteiger partial charge in [0.05, 0.1) is 13.2 Å². The van der Waals surface area contributed by atoms with Crippen LogP contribution in [0.15, 0.2) is 4.99 Å². The minimum atomic E-state index is -0.122. The number of ether oxygens (including phenoxy) is 2. The van der Waals surface area contributed by atoms with E-state index in [-0.39, 0.29) is 36.0 Å². The molecule has 7 heteroatoms. The first kappa shape index (κ1) is 27.6. The summed E-state index contributed by atoms with van der Waals surface area (Å²) in [5, 5.41) is 6.67. The van der Waals surface area contributed by atoms with Crippen molar-refractivity contribution in [2.24, 2.45) is 10.9 Å². The maximum Gasteiger partial charge on any atom is 0.305 e. The lowest BCUT2D eigenvalue weighted by molar-refractivity contribution is -0.140. The van der Waals surface area contributed by atoms with Crippen LogP contribution in [0.3, 0.4) is 0 Å². The molecule has 0 aliphatic heterocycles. The monoisotopic (exact) mass is 485 g/mol. The summed E-state index contributed by atoms with van der Waals surface area (Å²) in [7, 11) is 1.43. The lowest BCUT2D eigenvalue weighted by atomic mass is 10.0. The number of carbonyl (C=O) groups is 1. The second-order valence-corrected chi connectivity index (χ2v) is 6.45. The molecule has 0 saturated heterocycles. The van der Waals surface area contributed by atoms with Gasteiger partial charge in [0.25, 0.3) is 0 Å². The van der Waals surface area contributed by atoms with Crippen LogP contribution < -0.4 is 10.6 Å². The van der Waals surface area contributed by atoms with E-state index in [1.165, 1.54) is 7.11 Å². The van der Waals surface area contributed by atoms with Crippen molar-refractivity contribution in [3.8, 4) is 0 Å². The summed E-state index contributed by atoms with van der Waals surface area (Å²) < 4.78 is 10.4. The molecule has 0 aliphatic carbocycles. The zero-order valence-corrected chi connectivity index (χ0v) is 19.6. The zero-order valence-electron chi connectivity index (χ0n) is 17.3. The van der Waals surface area contributed by atoms with Gasteiger partial charge in [-0.05, 0) is 39.0 Å². The molecule has 0 rings (SSSR count). The summed E-state index contributed by atoms with van der Waals surface area (Å²) in [6.07, 6.45) is 5.83. The van der Waals surface area contributed by atoms with E-state index in [1.807, 2.05) is 6.92 Å². The smallest absolute Gasteiger partial charge is 0.305 e. The fourth-order valence-corrected chi connectivity index (χ4v) is 2.53. The van der Waals surface area contributed by atoms with Gasteiger partial charge in [-0.2, -0.15) is 0 Å². The molecule has 1 atom stereocenters. The number of rotatable bonds is 14. The summed E-state index contributed by atoms with van der Waals surface area (Å²) in [5.41, 5.74) is 0. The highest BCUT2D eigenvalue weighted by atomic mass is 127. The van der Waals surface area contributed by atoms with Gasteiger partial charge in [-0.15, -0.1) is 24.0 Å². The van der Waals surface area contributed by atoms with Crippen LogP contribution in [0.5, 0.6) is 0 Å². The Morgan fingerprint density at radius 1 is 1.08 bits per heavy atom. The molecule has 6 nitrogen and oxygen atoms in total. The molecule has 0 spiro atoms. The average Bonchev–Trinajstić information content (AvgIpc) is 2.59. The van der Waals surface area contributed by atoms with Crippen LogP contribution in [0.25, 0.3) is 0 Å². The van der Waals surface area contributed by atoms with Gasteiger partial charge in [0.15, 0.2) is 5.96 Å². The van der Waals surface area contributed by atoms with Gasteiger partial charge in [-0.25, -0.2) is 0 Å². The van der Waals surface area contributed by atoms with Crippen molar-refractivity contribution in [1.29, 1.82) is 0 Å². The van der Waals surface area contributed by atoms with Crippen LogP contribution in [0.4, 0.5) is 0 Å². The van der Waals surface area contributed by atoms with E-state index in [0.29, 0.717) is 12.3 Å². The third-order valence-corrected chi connectivity index (χ3v) is 3.98. The summed E-state index contributed by atoms with van der Waals surface area (Å²) in [4.78, 5) is 15.6. The summed E-state index contributed by atoms with van der Waals surface area (Å²) >= 11 is 0. The highest BCUT2D eigenvalue weighted by molar-refractivity contribution is 14.0. The molecule has 0 bridgehead atoms. The number of hydrogen-bond acceptors (Lipinski definition) is 4. The highest BCUT2D eigenvalue weighted by Crippen LogP contribution is 2.10. The first-order valence-corrected chi connectivity index (χ1v) is 9.75. The third-order valence-electron chi connectivity index (χ3n) is 3.98. The van der Waals surface area contributed by atoms with Crippen LogP contribution >= 0.6 is 24.0 Å². The number of hydrogen-bond donors (Lipinski definition) is 2. The Labute approximate surface area is 177 Å². The maximum atomic E-state index is 11.0. The molecule has 0 saturated carbocycles. The SMILES string of the molecule is CCNC(=NCCCCCCC(=O)OC)NCCC(OCC)C(C)C.I. The number of nitrogens with one attached hydrogen (secondary N) is 2. The van der Waals surface area contributed by atoms with E-state index in [9.17, 15) is 4.79 Å². The largest absolute Gasteiger partial charge is 0.469 e. The van der Waals surface area contributed by atoms with Gasteiger partial charge >= 0.3 is 5.97 Å². The maximum absolute atomic E-state index is 11.0. The lowest BCUT2D eigenvalue weighted by Crippen LogP contribution is -2.39. The van der Waals surface area contributed by atoms with E-state index < -0.39 is 0 Å². The molecule has 156 valence electrons. The molecule has 0 amide bonds. The molecule has 0 aliphatic rings. The van der Waals surface area contributed by atoms with Crippen LogP contribution in [-0.2, 0) is 14.3 Å². The Balaban J connectivity index is 0. The Kier molecular flexibility index (Phi) is 20.4. The van der Waals surface area contributed by atoms with Crippen molar-refractivity contribution in [3.05, 3.63) is 0 Å². The number of methoxy groups -OCH3 is 1. The van der Waals surface area contributed by atoms with Crippen molar-refractivity contribution < 1.29 is 14.3 Å². The molecule has 2 N–H and O–H groups in total. The van der Waals surface area contributed by atoms with Gasteiger partial charge in [0.2, 0.25) is 0 Å². The number of unbranched alkanes of at least 4 members (excludes halogenated alkanes) is 3. The number of carbonyl (C=O) groups excluding carboxylic acids is 1.